The number of nitrogens with one attached hydrogen (secondary N) is 1. The minimum absolute atomic E-state index is 0.0902. The van der Waals surface area contributed by atoms with Crippen LogP contribution in [0.1, 0.15) is 37.6 Å². The molecule has 0 saturated carbocycles. The van der Waals surface area contributed by atoms with Gasteiger partial charge >= 0.3 is 0 Å². The van der Waals surface area contributed by atoms with Gasteiger partial charge in [0.15, 0.2) is 0 Å². The van der Waals surface area contributed by atoms with Gasteiger partial charge in [0, 0.05) is 30.1 Å². The molecule has 0 bridgehead atoms. The molecule has 0 spiro atoms. The Morgan fingerprint density at radius 2 is 2.00 bits per heavy atom. The number of aliphatic carboxylic acids is 1. The second-order valence-electron chi connectivity index (χ2n) is 5.96. The number of piperidine rings is 1. The molecule has 1 saturated heterocycles. The Hall–Kier alpha value is -2.28. The number of hydrogen-bond donors (Lipinski definition) is 1. The van der Waals surface area contributed by atoms with E-state index in [1.807, 2.05) is 31.2 Å². The van der Waals surface area contributed by atoms with Crippen molar-refractivity contribution < 1.29 is 9.90 Å². The number of nitrogens with zero attached hydrogens (tertiary/aromatic N) is 3. The van der Waals surface area contributed by atoms with Gasteiger partial charge in [0.1, 0.15) is 5.82 Å². The molecule has 0 unspecified atom stereocenters. The Morgan fingerprint density at radius 1 is 1.28 bits per heavy atom. The van der Waals surface area contributed by atoms with Crippen molar-refractivity contribution in [3.63, 3.8) is 0 Å². The normalized spacial score (nSPS) is 15.4. The van der Waals surface area contributed by atoms with E-state index in [1.165, 1.54) is 24.9 Å². The van der Waals surface area contributed by atoms with Crippen molar-refractivity contribution in [2.24, 2.45) is 0 Å². The summed E-state index contributed by atoms with van der Waals surface area (Å²) in [4.78, 5) is 18.1. The second kappa shape index (κ2) is 8.20. The molecule has 1 aromatic heterocycles. The summed E-state index contributed by atoms with van der Waals surface area (Å²) in [7, 11) is 0. The van der Waals surface area contributed by atoms with Crippen LogP contribution in [0, 0.1) is 0 Å². The number of hydrogen-bond acceptors (Lipinski definition) is 6. The number of thioether (sulfide) groups is 1. The molecular weight excluding hydrogens is 336 g/mol. The largest absolute Gasteiger partial charge is 0.544 e. The molecule has 0 atom stereocenters. The van der Waals surface area contributed by atoms with Gasteiger partial charge in [-0.15, -0.1) is 5.10 Å². The molecule has 0 amide bonds. The van der Waals surface area contributed by atoms with Gasteiger partial charge in [-0.05, 0) is 54.8 Å². The molecule has 1 aromatic carbocycles. The van der Waals surface area contributed by atoms with Crippen LogP contribution in [0.5, 0.6) is 0 Å². The summed E-state index contributed by atoms with van der Waals surface area (Å²) in [5.74, 6) is -0.501. The topological polar surface area (TPSA) is 84.9 Å². The van der Waals surface area contributed by atoms with Gasteiger partial charge in [0.2, 0.25) is 5.16 Å². The fourth-order valence-electron chi connectivity index (χ4n) is 2.79. The van der Waals surface area contributed by atoms with Crippen LogP contribution in [-0.2, 0) is 11.2 Å². The zero-order valence-electron chi connectivity index (χ0n) is 14.2. The number of H-pyrrole nitrogens is 1. The van der Waals surface area contributed by atoms with E-state index in [-0.39, 0.29) is 4.91 Å². The fraction of sp³-hybridized carbons (Fsp3) is 0.389. The molecule has 132 valence electrons. The third kappa shape index (κ3) is 4.63. The number of carboxylic acids is 1. The SMILES string of the molecule is CCc1nc(S/C(=C/c2ccc(N3CCCCC3)cc2)C(=O)[O-])n[nH]1. The minimum Gasteiger partial charge on any atom is -0.544 e. The molecule has 0 radical (unpaired) electrons. The van der Waals surface area contributed by atoms with Gasteiger partial charge < -0.3 is 14.8 Å². The van der Waals surface area contributed by atoms with E-state index in [4.69, 9.17) is 0 Å². The van der Waals surface area contributed by atoms with Gasteiger partial charge in [-0.25, -0.2) is 4.98 Å². The average molecular weight is 357 g/mol. The molecule has 1 fully saturated rings. The highest BCUT2D eigenvalue weighted by Gasteiger charge is 2.11. The highest BCUT2D eigenvalue weighted by Crippen LogP contribution is 2.26. The summed E-state index contributed by atoms with van der Waals surface area (Å²) in [5, 5.41) is 18.6. The highest BCUT2D eigenvalue weighted by molar-refractivity contribution is 8.04. The standard InChI is InChI=1S/C18H22N4O2S/c1-2-16-19-18(21-20-16)25-15(17(23)24)12-13-6-8-14(9-7-13)22-10-4-3-5-11-22/h6-9,12H,2-5,10-11H2,1H3,(H,23,24)(H,19,20,21)/p-1/b15-12+. The maximum Gasteiger partial charge on any atom is 0.213 e. The van der Waals surface area contributed by atoms with Crippen LogP contribution in [0.25, 0.3) is 6.08 Å². The summed E-state index contributed by atoms with van der Waals surface area (Å²) < 4.78 is 0. The summed E-state index contributed by atoms with van der Waals surface area (Å²) in [5.41, 5.74) is 2.00. The van der Waals surface area contributed by atoms with E-state index in [9.17, 15) is 9.90 Å². The zero-order chi connectivity index (χ0) is 17.6. The van der Waals surface area contributed by atoms with Gasteiger partial charge in [0.05, 0.1) is 5.97 Å². The van der Waals surface area contributed by atoms with E-state index in [1.54, 1.807) is 6.08 Å². The van der Waals surface area contributed by atoms with Gasteiger partial charge in [-0.2, -0.15) is 0 Å². The van der Waals surface area contributed by atoms with E-state index < -0.39 is 5.97 Å². The average Bonchev–Trinajstić information content (AvgIpc) is 3.10. The lowest BCUT2D eigenvalue weighted by Gasteiger charge is -2.28. The first-order chi connectivity index (χ1) is 12.2. The molecular formula is C18H21N4O2S-. The number of rotatable bonds is 6. The Bertz CT molecular complexity index is 749. The maximum absolute atomic E-state index is 11.4. The first kappa shape index (κ1) is 17.5. The van der Waals surface area contributed by atoms with Crippen molar-refractivity contribution in [2.45, 2.75) is 37.8 Å². The predicted molar refractivity (Wildman–Crippen MR) is 97.1 cm³/mol. The summed E-state index contributed by atoms with van der Waals surface area (Å²) in [6, 6.07) is 7.94. The molecule has 1 N–H and O–H groups in total. The monoisotopic (exact) mass is 357 g/mol. The van der Waals surface area contributed by atoms with E-state index in [2.05, 4.69) is 20.1 Å². The molecule has 2 heterocycles. The molecule has 25 heavy (non-hydrogen) atoms. The third-order valence-corrected chi connectivity index (χ3v) is 5.03. The predicted octanol–water partition coefficient (Wildman–Crippen LogP) is 2.24. The van der Waals surface area contributed by atoms with Crippen molar-refractivity contribution in [3.8, 4) is 0 Å². The lowest BCUT2D eigenvalue weighted by atomic mass is 10.1. The van der Waals surface area contributed by atoms with E-state index in [0.29, 0.717) is 5.16 Å². The van der Waals surface area contributed by atoms with E-state index >= 15 is 0 Å². The van der Waals surface area contributed by atoms with Crippen molar-refractivity contribution in [2.75, 3.05) is 18.0 Å². The molecule has 3 rings (SSSR count). The maximum atomic E-state index is 11.4. The molecule has 2 aromatic rings. The highest BCUT2D eigenvalue weighted by atomic mass is 32.2. The first-order valence-corrected chi connectivity index (χ1v) is 9.34. The summed E-state index contributed by atoms with van der Waals surface area (Å²) in [6.45, 7) is 4.12. The van der Waals surface area contributed by atoms with Crippen molar-refractivity contribution in [1.82, 2.24) is 15.2 Å². The van der Waals surface area contributed by atoms with Crippen molar-refractivity contribution in [1.29, 1.82) is 0 Å². The Labute approximate surface area is 151 Å². The van der Waals surface area contributed by atoms with Crippen LogP contribution in [0.15, 0.2) is 34.3 Å². The number of benzene rings is 1. The lowest BCUT2D eigenvalue weighted by molar-refractivity contribution is -0.297. The Kier molecular flexibility index (Phi) is 5.75. The summed E-state index contributed by atoms with van der Waals surface area (Å²) >= 11 is 0.995. The second-order valence-corrected chi connectivity index (χ2v) is 6.96. The number of aromatic nitrogens is 3. The number of aryl methyl sites for hydroxylation is 1. The van der Waals surface area contributed by atoms with Crippen LogP contribution in [-0.4, -0.2) is 34.2 Å². The van der Waals surface area contributed by atoms with Crippen molar-refractivity contribution in [3.05, 3.63) is 40.6 Å². The number of carbonyl (C=O) groups is 1. The van der Waals surface area contributed by atoms with Crippen LogP contribution in [0.4, 0.5) is 5.69 Å². The van der Waals surface area contributed by atoms with Gasteiger partial charge in [-0.1, -0.05) is 19.1 Å². The third-order valence-electron chi connectivity index (χ3n) is 4.16. The molecule has 0 aliphatic carbocycles. The van der Waals surface area contributed by atoms with Crippen LogP contribution >= 0.6 is 11.8 Å². The van der Waals surface area contributed by atoms with Crippen LogP contribution in [0.3, 0.4) is 0 Å². The van der Waals surface area contributed by atoms with Crippen molar-refractivity contribution >= 4 is 29.5 Å². The smallest absolute Gasteiger partial charge is 0.213 e. The number of carbonyl (C=O) groups excluding carboxylic acids is 1. The quantitative estimate of drug-likeness (QED) is 0.630. The fourth-order valence-corrected chi connectivity index (χ4v) is 3.52. The van der Waals surface area contributed by atoms with E-state index in [0.717, 1.165) is 42.7 Å². The van der Waals surface area contributed by atoms with Gasteiger partial charge in [0.25, 0.3) is 0 Å². The number of carboxylic acid groups (broad SMARTS) is 1. The number of aromatic amines is 1. The lowest BCUT2D eigenvalue weighted by Crippen LogP contribution is -2.29. The summed E-state index contributed by atoms with van der Waals surface area (Å²) in [6.07, 6.45) is 6.06. The molecule has 7 heteroatoms. The number of anilines is 1. The Balaban J connectivity index is 1.74. The first-order valence-electron chi connectivity index (χ1n) is 8.53. The molecule has 1 aliphatic rings. The molecule has 6 nitrogen and oxygen atoms in total. The minimum atomic E-state index is -1.23. The van der Waals surface area contributed by atoms with Gasteiger partial charge in [-0.3, -0.25) is 5.10 Å². The Morgan fingerprint density at radius 3 is 2.60 bits per heavy atom. The van der Waals surface area contributed by atoms with Crippen LogP contribution in [0.2, 0.25) is 0 Å². The zero-order valence-corrected chi connectivity index (χ0v) is 15.0. The molecule has 1 aliphatic heterocycles. The van der Waals surface area contributed by atoms with Crippen LogP contribution < -0.4 is 10.0 Å².